The summed E-state index contributed by atoms with van der Waals surface area (Å²) in [6, 6.07) is 6.41. The molecule has 0 saturated heterocycles. The van der Waals surface area contributed by atoms with E-state index in [0.29, 0.717) is 15.5 Å². The molecule has 0 unspecified atom stereocenters. The summed E-state index contributed by atoms with van der Waals surface area (Å²) in [4.78, 5) is 16.3. The minimum atomic E-state index is -5.01. The third kappa shape index (κ3) is 4.41. The Hall–Kier alpha value is -1.32. The monoisotopic (exact) mass is 418 g/mol. The van der Waals surface area contributed by atoms with Crippen molar-refractivity contribution in [3.63, 3.8) is 0 Å². The van der Waals surface area contributed by atoms with Gasteiger partial charge in [0, 0.05) is 11.3 Å². The number of alkyl halides is 3. The minimum absolute atomic E-state index is 0.156. The number of rotatable bonds is 5. The van der Waals surface area contributed by atoms with E-state index in [4.69, 9.17) is 0 Å². The summed E-state index contributed by atoms with van der Waals surface area (Å²) in [6.45, 7) is 0. The first-order valence-electron chi connectivity index (χ1n) is 8.70. The van der Waals surface area contributed by atoms with Gasteiger partial charge in [0.25, 0.3) is 0 Å². The lowest BCUT2D eigenvalue weighted by Crippen LogP contribution is -2.48. The second-order valence-corrected chi connectivity index (χ2v) is 8.98. The summed E-state index contributed by atoms with van der Waals surface area (Å²) < 4.78 is 41.7. The van der Waals surface area contributed by atoms with E-state index in [1.54, 1.807) is 36.0 Å². The van der Waals surface area contributed by atoms with Crippen LogP contribution in [0.3, 0.4) is 0 Å². The highest BCUT2D eigenvalue weighted by Gasteiger charge is 2.58. The van der Waals surface area contributed by atoms with Gasteiger partial charge in [-0.2, -0.15) is 24.9 Å². The average Bonchev–Trinajstić information content (AvgIpc) is 3.05. The van der Waals surface area contributed by atoms with Gasteiger partial charge in [0.2, 0.25) is 11.5 Å². The highest BCUT2D eigenvalue weighted by atomic mass is 32.2. The van der Waals surface area contributed by atoms with E-state index in [0.717, 1.165) is 37.0 Å². The van der Waals surface area contributed by atoms with E-state index in [-0.39, 0.29) is 6.04 Å². The molecular weight excluding hydrogens is 397 g/mol. The van der Waals surface area contributed by atoms with Gasteiger partial charge in [0.1, 0.15) is 5.01 Å². The van der Waals surface area contributed by atoms with Gasteiger partial charge in [-0.25, -0.2) is 4.98 Å². The van der Waals surface area contributed by atoms with Crippen molar-refractivity contribution >= 4 is 39.2 Å². The topological polar surface area (TPSA) is 62.2 Å². The number of thiazole rings is 1. The fourth-order valence-electron chi connectivity index (χ4n) is 3.35. The largest absolute Gasteiger partial charge is 0.424 e. The second kappa shape index (κ2) is 7.97. The highest BCUT2D eigenvalue weighted by Crippen LogP contribution is 2.44. The molecule has 27 heavy (non-hydrogen) atoms. The molecule has 1 heterocycles. The van der Waals surface area contributed by atoms with E-state index < -0.39 is 29.1 Å². The quantitative estimate of drug-likeness (QED) is 0.763. The molecule has 2 aromatic rings. The number of para-hydroxylation sites is 1. The second-order valence-electron chi connectivity index (χ2n) is 6.81. The maximum Gasteiger partial charge on any atom is 0.424 e. The van der Waals surface area contributed by atoms with Crippen LogP contribution in [0.1, 0.15) is 37.1 Å². The Morgan fingerprint density at radius 3 is 2.78 bits per heavy atom. The first kappa shape index (κ1) is 20.4. The zero-order chi connectivity index (χ0) is 19.7. The van der Waals surface area contributed by atoms with Gasteiger partial charge >= 0.3 is 6.18 Å². The molecule has 1 amide bonds. The van der Waals surface area contributed by atoms with Crippen LogP contribution in [0.4, 0.5) is 13.2 Å². The molecule has 1 aromatic carbocycles. The summed E-state index contributed by atoms with van der Waals surface area (Å²) in [5.41, 5.74) is -2.93. The first-order valence-corrected chi connectivity index (χ1v) is 10.8. The van der Waals surface area contributed by atoms with Gasteiger partial charge in [-0.15, -0.1) is 11.3 Å². The maximum absolute atomic E-state index is 13.7. The van der Waals surface area contributed by atoms with Crippen LogP contribution in [0.15, 0.2) is 24.3 Å². The van der Waals surface area contributed by atoms with Crippen molar-refractivity contribution in [1.29, 1.82) is 0 Å². The standard InChI is InChI=1S/C18H21F3N2O2S2/c1-26-12-6-4-5-11(9-12)22-15(24)10-17(25,18(19,20)21)16-23-13-7-2-3-8-14(13)27-16/h2-3,7-8,11-12,25H,4-6,9-10H2,1H3,(H,22,24)/t11-,12+,17+/m0/s1. The molecule has 1 aliphatic carbocycles. The highest BCUT2D eigenvalue weighted by molar-refractivity contribution is 7.99. The number of amides is 1. The Kier molecular flexibility index (Phi) is 6.02. The van der Waals surface area contributed by atoms with E-state index >= 15 is 0 Å². The first-order chi connectivity index (χ1) is 12.7. The summed E-state index contributed by atoms with van der Waals surface area (Å²) in [6.07, 6.45) is -0.649. The molecule has 3 rings (SSSR count). The molecular formula is C18H21F3N2O2S2. The molecule has 1 saturated carbocycles. The third-order valence-electron chi connectivity index (χ3n) is 4.86. The van der Waals surface area contributed by atoms with E-state index in [1.165, 1.54) is 0 Å². The predicted molar refractivity (Wildman–Crippen MR) is 102 cm³/mol. The molecule has 2 N–H and O–H groups in total. The lowest BCUT2D eigenvalue weighted by Gasteiger charge is -2.31. The number of nitrogens with zero attached hydrogens (tertiary/aromatic N) is 1. The number of aliphatic hydroxyl groups is 1. The summed E-state index contributed by atoms with van der Waals surface area (Å²) in [7, 11) is 0. The van der Waals surface area contributed by atoms with Crippen molar-refractivity contribution in [2.75, 3.05) is 6.26 Å². The number of carbonyl (C=O) groups excluding carboxylic acids is 1. The van der Waals surface area contributed by atoms with Crippen LogP contribution in [-0.2, 0) is 10.4 Å². The molecule has 0 radical (unpaired) electrons. The Bertz CT molecular complexity index is 778. The average molecular weight is 419 g/mol. The molecule has 1 aliphatic rings. The summed E-state index contributed by atoms with van der Waals surface area (Å²) in [5.74, 6) is -0.805. The lowest BCUT2D eigenvalue weighted by atomic mass is 9.93. The Balaban J connectivity index is 1.79. The van der Waals surface area contributed by atoms with Crippen LogP contribution in [-0.4, -0.2) is 39.7 Å². The normalized spacial score (nSPS) is 23.1. The van der Waals surface area contributed by atoms with E-state index in [2.05, 4.69) is 10.3 Å². The number of hydrogen-bond donors (Lipinski definition) is 2. The van der Waals surface area contributed by atoms with Gasteiger partial charge in [-0.05, 0) is 37.7 Å². The van der Waals surface area contributed by atoms with E-state index in [9.17, 15) is 23.1 Å². The van der Waals surface area contributed by atoms with Crippen LogP contribution in [0.5, 0.6) is 0 Å². The summed E-state index contributed by atoms with van der Waals surface area (Å²) in [5, 5.41) is 13.1. The molecule has 9 heteroatoms. The number of fused-ring (bicyclic) bond motifs is 1. The molecule has 0 bridgehead atoms. The number of aromatic nitrogens is 1. The van der Waals surface area contributed by atoms with Crippen LogP contribution in [0.25, 0.3) is 10.2 Å². The number of hydrogen-bond acceptors (Lipinski definition) is 5. The van der Waals surface area contributed by atoms with Gasteiger partial charge in [-0.1, -0.05) is 18.6 Å². The zero-order valence-electron chi connectivity index (χ0n) is 14.8. The van der Waals surface area contributed by atoms with Crippen LogP contribution >= 0.6 is 23.1 Å². The fourth-order valence-corrected chi connectivity index (χ4v) is 5.25. The predicted octanol–water partition coefficient (Wildman–Crippen LogP) is 4.23. The van der Waals surface area contributed by atoms with Crippen LogP contribution in [0.2, 0.25) is 0 Å². The number of halogens is 3. The van der Waals surface area contributed by atoms with Gasteiger partial charge < -0.3 is 10.4 Å². The van der Waals surface area contributed by atoms with Crippen molar-refractivity contribution in [3.8, 4) is 0 Å². The number of nitrogens with one attached hydrogen (secondary N) is 1. The SMILES string of the molecule is CS[C@@H]1CCC[C@H](NC(=O)C[C@@](O)(c2nc3ccccc3s2)C(F)(F)F)C1. The zero-order valence-corrected chi connectivity index (χ0v) is 16.4. The van der Waals surface area contributed by atoms with Crippen molar-refractivity contribution in [1.82, 2.24) is 10.3 Å². The van der Waals surface area contributed by atoms with Crippen molar-refractivity contribution in [2.24, 2.45) is 0 Å². The smallest absolute Gasteiger partial charge is 0.374 e. The fraction of sp³-hybridized carbons (Fsp3) is 0.556. The third-order valence-corrected chi connectivity index (χ3v) is 7.14. The Morgan fingerprint density at radius 2 is 2.11 bits per heavy atom. The maximum atomic E-state index is 13.7. The van der Waals surface area contributed by atoms with Gasteiger partial charge in [0.15, 0.2) is 0 Å². The van der Waals surface area contributed by atoms with Gasteiger partial charge in [0.05, 0.1) is 16.6 Å². The molecule has 3 atom stereocenters. The number of thioether (sulfide) groups is 1. The molecule has 4 nitrogen and oxygen atoms in total. The Morgan fingerprint density at radius 1 is 1.37 bits per heavy atom. The minimum Gasteiger partial charge on any atom is -0.374 e. The number of carbonyl (C=O) groups is 1. The molecule has 0 aliphatic heterocycles. The molecule has 0 spiro atoms. The molecule has 1 fully saturated rings. The van der Waals surface area contributed by atoms with Crippen LogP contribution < -0.4 is 5.32 Å². The number of benzene rings is 1. The van der Waals surface area contributed by atoms with Crippen molar-refractivity contribution in [2.45, 2.75) is 55.2 Å². The van der Waals surface area contributed by atoms with Gasteiger partial charge in [-0.3, -0.25) is 4.79 Å². The van der Waals surface area contributed by atoms with Crippen molar-refractivity contribution in [3.05, 3.63) is 29.3 Å². The molecule has 1 aromatic heterocycles. The molecule has 148 valence electrons. The lowest BCUT2D eigenvalue weighted by molar-refractivity contribution is -0.267. The summed E-state index contributed by atoms with van der Waals surface area (Å²) >= 11 is 2.46. The Labute approximate surface area is 163 Å². The van der Waals surface area contributed by atoms with Crippen molar-refractivity contribution < 1.29 is 23.1 Å². The van der Waals surface area contributed by atoms with E-state index in [1.807, 2.05) is 6.26 Å². The van der Waals surface area contributed by atoms with Crippen LogP contribution in [0, 0.1) is 0 Å².